The highest BCUT2D eigenvalue weighted by molar-refractivity contribution is 7.89. The number of nitrogens with one attached hydrogen (secondary N) is 3. The van der Waals surface area contributed by atoms with E-state index in [2.05, 4.69) is 22.9 Å². The average molecular weight is 1240 g/mol. The quantitative estimate of drug-likeness (QED) is 0.103. The van der Waals surface area contributed by atoms with Crippen molar-refractivity contribution in [3.8, 4) is 0 Å². The molecular formula is C60H88F6N8O9S2. The van der Waals surface area contributed by atoms with Gasteiger partial charge in [-0.25, -0.2) is 30.2 Å². The molecular weight excluding hydrogens is 1150 g/mol. The predicted molar refractivity (Wildman–Crippen MR) is 316 cm³/mol. The summed E-state index contributed by atoms with van der Waals surface area (Å²) in [5, 5.41) is 18.0. The smallest absolute Gasteiger partial charge is 0.389 e. The number of rotatable bonds is 18. The number of piperidine rings is 2. The zero-order chi connectivity index (χ0) is 62.9. The summed E-state index contributed by atoms with van der Waals surface area (Å²) in [7, 11) is -3.51. The van der Waals surface area contributed by atoms with Gasteiger partial charge in [-0.15, -0.1) is 0 Å². The fourth-order valence-corrected chi connectivity index (χ4v) is 15.6. The van der Waals surface area contributed by atoms with E-state index in [1.54, 1.807) is 37.9 Å². The van der Waals surface area contributed by atoms with E-state index < -0.39 is 62.3 Å². The SMILES string of the molecule is CCN(C)C(=O)c1cc(C)c(CCS(=O)(=O)N2CCC3(CC2)N=C(C2CCC(CCC(F)(F)F)CC2)NC3=O)c(C)c1.CCNC.Cc1cc(C(=O)O)cc(C)c1CCS(=O)(=O)N1CCC2(CC1)N=C(C1CCC(CCC(F)(F)F)CC1)NC2=O. The molecule has 4 fully saturated rings. The minimum atomic E-state index is -4.14. The number of alkyl halides is 6. The van der Waals surface area contributed by atoms with E-state index in [0.29, 0.717) is 94.4 Å². The van der Waals surface area contributed by atoms with Crippen LogP contribution in [0.1, 0.15) is 171 Å². The number of carbonyl (C=O) groups excluding carboxylic acids is 3. The van der Waals surface area contributed by atoms with Crippen molar-refractivity contribution >= 4 is 55.4 Å². The number of amidine groups is 2. The first-order valence-corrected chi connectivity index (χ1v) is 33.2. The van der Waals surface area contributed by atoms with Crippen LogP contribution in [-0.4, -0.2) is 159 Å². The van der Waals surface area contributed by atoms with Crippen molar-refractivity contribution in [1.29, 1.82) is 0 Å². The van der Waals surface area contributed by atoms with E-state index in [1.165, 1.54) is 8.61 Å². The van der Waals surface area contributed by atoms with Crippen LogP contribution in [0.4, 0.5) is 26.3 Å². The van der Waals surface area contributed by atoms with Gasteiger partial charge >= 0.3 is 18.3 Å². The summed E-state index contributed by atoms with van der Waals surface area (Å²) in [6.45, 7) is 13.7. The average Bonchev–Trinajstić information content (AvgIpc) is 4.21. The molecule has 0 bridgehead atoms. The third kappa shape index (κ3) is 18.3. The number of hydrogen-bond donors (Lipinski definition) is 4. The summed E-state index contributed by atoms with van der Waals surface area (Å²) >= 11 is 0. The molecule has 4 heterocycles. The van der Waals surface area contributed by atoms with Gasteiger partial charge < -0.3 is 26.0 Å². The second kappa shape index (κ2) is 28.9. The van der Waals surface area contributed by atoms with Gasteiger partial charge in [-0.1, -0.05) is 6.92 Å². The summed E-state index contributed by atoms with van der Waals surface area (Å²) in [5.41, 5.74) is 3.76. The van der Waals surface area contributed by atoms with E-state index in [0.717, 1.165) is 39.9 Å². The fraction of sp³-hybridized carbons (Fsp3) is 0.700. The van der Waals surface area contributed by atoms with E-state index in [1.807, 2.05) is 40.0 Å². The molecule has 3 amide bonds. The highest BCUT2D eigenvalue weighted by Crippen LogP contribution is 2.41. The minimum Gasteiger partial charge on any atom is -0.478 e. The molecule has 0 aromatic heterocycles. The molecule has 6 aliphatic rings. The van der Waals surface area contributed by atoms with Gasteiger partial charge in [0.1, 0.15) is 22.7 Å². The van der Waals surface area contributed by atoms with Crippen LogP contribution in [0.3, 0.4) is 0 Å². The predicted octanol–water partition coefficient (Wildman–Crippen LogP) is 9.39. The lowest BCUT2D eigenvalue weighted by Gasteiger charge is -2.35. The topological polar surface area (TPSA) is 227 Å². The van der Waals surface area contributed by atoms with Gasteiger partial charge in [-0.2, -0.15) is 26.3 Å². The van der Waals surface area contributed by atoms with Crippen molar-refractivity contribution in [2.24, 2.45) is 33.7 Å². The lowest BCUT2D eigenvalue weighted by atomic mass is 9.79. The Balaban J connectivity index is 0.000000257. The highest BCUT2D eigenvalue weighted by atomic mass is 32.2. The molecule has 2 spiro atoms. The summed E-state index contributed by atoms with van der Waals surface area (Å²) in [6.07, 6.45) is -2.32. The van der Waals surface area contributed by atoms with Crippen molar-refractivity contribution < 1.29 is 67.5 Å². The van der Waals surface area contributed by atoms with Crippen molar-refractivity contribution in [2.75, 3.05) is 64.9 Å². The molecule has 25 heteroatoms. The second-order valence-electron chi connectivity index (χ2n) is 24.1. The number of halogens is 6. The number of aryl methyl sites for hydroxylation is 4. The molecule has 2 aromatic rings. The molecule has 2 aliphatic carbocycles. The van der Waals surface area contributed by atoms with Gasteiger partial charge in [0.25, 0.3) is 17.7 Å². The van der Waals surface area contributed by atoms with Crippen LogP contribution < -0.4 is 16.0 Å². The van der Waals surface area contributed by atoms with Gasteiger partial charge in [0.05, 0.1) is 17.1 Å². The first-order chi connectivity index (χ1) is 39.7. The van der Waals surface area contributed by atoms with Crippen LogP contribution in [0.15, 0.2) is 34.3 Å². The van der Waals surface area contributed by atoms with Crippen LogP contribution in [0.2, 0.25) is 0 Å². The largest absolute Gasteiger partial charge is 0.478 e. The maximum Gasteiger partial charge on any atom is 0.389 e. The lowest BCUT2D eigenvalue weighted by molar-refractivity contribution is -0.139. The molecule has 0 radical (unpaired) electrons. The number of carbonyl (C=O) groups is 4. The fourth-order valence-electron chi connectivity index (χ4n) is 12.7. The maximum absolute atomic E-state index is 13.3. The Morgan fingerprint density at radius 3 is 1.26 bits per heavy atom. The van der Waals surface area contributed by atoms with Crippen molar-refractivity contribution in [2.45, 2.75) is 181 Å². The zero-order valence-corrected chi connectivity index (χ0v) is 52.2. The normalized spacial score (nSPS) is 22.8. The molecule has 4 aliphatic heterocycles. The van der Waals surface area contributed by atoms with Crippen LogP contribution in [-0.2, 0) is 42.5 Å². The third-order valence-corrected chi connectivity index (χ3v) is 22.0. The Hall–Kier alpha value is -4.98. The van der Waals surface area contributed by atoms with Crippen LogP contribution in [0.5, 0.6) is 0 Å². The molecule has 8 rings (SSSR count). The maximum atomic E-state index is 13.3. The molecule has 2 saturated heterocycles. The summed E-state index contributed by atoms with van der Waals surface area (Å²) in [5.74, 6) is -0.396. The molecule has 0 atom stereocenters. The minimum absolute atomic E-state index is 0.0104. The zero-order valence-electron chi connectivity index (χ0n) is 50.5. The van der Waals surface area contributed by atoms with Crippen molar-refractivity contribution in [3.05, 3.63) is 68.8 Å². The summed E-state index contributed by atoms with van der Waals surface area (Å²) in [6, 6.07) is 6.73. The Labute approximate surface area is 498 Å². The van der Waals surface area contributed by atoms with Crippen molar-refractivity contribution in [1.82, 2.24) is 29.5 Å². The first kappa shape index (κ1) is 69.1. The number of carboxylic acids is 1. The van der Waals surface area contributed by atoms with Crippen LogP contribution in [0.25, 0.3) is 0 Å². The summed E-state index contributed by atoms with van der Waals surface area (Å²) < 4.78 is 131. The molecule has 2 aromatic carbocycles. The van der Waals surface area contributed by atoms with Crippen LogP contribution >= 0.6 is 0 Å². The van der Waals surface area contributed by atoms with E-state index in [9.17, 15) is 67.5 Å². The number of sulfonamides is 2. The number of nitrogens with zero attached hydrogens (tertiary/aromatic N) is 5. The molecule has 0 unspecified atom stereocenters. The Kier molecular flexibility index (Phi) is 23.5. The van der Waals surface area contributed by atoms with E-state index >= 15 is 0 Å². The highest BCUT2D eigenvalue weighted by Gasteiger charge is 2.50. The number of aromatic carboxylic acids is 1. The number of carboxylic acid groups (broad SMARTS) is 1. The van der Waals surface area contributed by atoms with Gasteiger partial charge in [0.15, 0.2) is 0 Å². The van der Waals surface area contributed by atoms with E-state index in [4.69, 9.17) is 9.98 Å². The van der Waals surface area contributed by atoms with Gasteiger partial charge in [0, 0.05) is 70.0 Å². The van der Waals surface area contributed by atoms with Crippen LogP contribution in [0, 0.1) is 51.4 Å². The Morgan fingerprint density at radius 1 is 0.635 bits per heavy atom. The van der Waals surface area contributed by atoms with Gasteiger partial charge in [0.2, 0.25) is 20.0 Å². The van der Waals surface area contributed by atoms with Gasteiger partial charge in [-0.05, 0) is 220 Å². The molecule has 476 valence electrons. The number of hydrogen-bond acceptors (Lipinski definition) is 11. The first-order valence-electron chi connectivity index (χ1n) is 30.0. The number of benzene rings is 2. The second-order valence-corrected chi connectivity index (χ2v) is 28.3. The molecule has 2 saturated carbocycles. The third-order valence-electron chi connectivity index (χ3n) is 18.3. The number of aliphatic imine (C=N–C) groups is 2. The number of amides is 3. The summed E-state index contributed by atoms with van der Waals surface area (Å²) in [4.78, 5) is 61.0. The standard InChI is InChI=1S/C30H43F3N4O4S.C27H36F3N3O5S.C3H9N/c1-5-36(4)27(38)24-18-20(2)25(21(3)19-24)11-17-42(40,41)37-15-13-29(14-16-37)28(39)34-26(35-29)23-8-6-22(7-9-23)10-12-30(31,32)33;1-17-15-21(24(34)35)16-18(2)22(17)8-14-39(37,38)33-12-10-26(11-13-33)25(36)31-23(32-26)20-5-3-19(4-6-20)7-9-27(28,29)30;1-3-4-2/h18-19,22-23H,5-17H2,1-4H3,(H,34,35,39);15-16,19-20H,3-14H2,1-2H3,(H,34,35)(H,31,32,36);4H,3H2,1-2H3. The van der Waals surface area contributed by atoms with Gasteiger partial charge in [-0.3, -0.25) is 24.4 Å². The monoisotopic (exact) mass is 1240 g/mol. The molecule has 17 nitrogen and oxygen atoms in total. The van der Waals surface area contributed by atoms with E-state index in [-0.39, 0.29) is 117 Å². The van der Waals surface area contributed by atoms with Crippen molar-refractivity contribution in [3.63, 3.8) is 0 Å². The molecule has 85 heavy (non-hydrogen) atoms. The molecule has 4 N–H and O–H groups in total. The Bertz CT molecular complexity index is 2950. The lowest BCUT2D eigenvalue weighted by Crippen LogP contribution is -2.51. The Morgan fingerprint density at radius 2 is 0.965 bits per heavy atom.